The summed E-state index contributed by atoms with van der Waals surface area (Å²) in [6.07, 6.45) is 9.21. The van der Waals surface area contributed by atoms with Gasteiger partial charge in [0.15, 0.2) is 0 Å². The summed E-state index contributed by atoms with van der Waals surface area (Å²) in [4.78, 5) is 0. The highest BCUT2D eigenvalue weighted by Crippen LogP contribution is 2.25. The Balaban J connectivity index is 1.99. The Hall–Kier alpha value is -0.980. The van der Waals surface area contributed by atoms with Crippen LogP contribution in [0.3, 0.4) is 0 Å². The van der Waals surface area contributed by atoms with Gasteiger partial charge in [-0.15, -0.1) is 0 Å². The van der Waals surface area contributed by atoms with Gasteiger partial charge in [-0.2, -0.15) is 0 Å². The van der Waals surface area contributed by atoms with Gasteiger partial charge in [0.25, 0.3) is 0 Å². The Kier molecular flexibility index (Phi) is 5.10. The zero-order valence-electron chi connectivity index (χ0n) is 12.0. The first-order valence-electron chi connectivity index (χ1n) is 7.69. The lowest BCUT2D eigenvalue weighted by atomic mass is 9.90. The monoisotopic (exact) mass is 245 g/mol. The van der Waals surface area contributed by atoms with Crippen molar-refractivity contribution in [3.63, 3.8) is 0 Å². The molecule has 1 aromatic rings. The van der Waals surface area contributed by atoms with Crippen LogP contribution in [0.1, 0.15) is 57.1 Å². The minimum Gasteiger partial charge on any atom is -0.385 e. The first-order valence-corrected chi connectivity index (χ1v) is 7.69. The first-order chi connectivity index (χ1) is 8.83. The normalized spacial score (nSPS) is 15.9. The number of unbranched alkanes of at least 4 members (excludes halogenated alkanes) is 1. The quantitative estimate of drug-likeness (QED) is 0.759. The van der Waals surface area contributed by atoms with Gasteiger partial charge in [-0.1, -0.05) is 51.7 Å². The van der Waals surface area contributed by atoms with Crippen molar-refractivity contribution in [2.45, 2.75) is 58.8 Å². The highest BCUT2D eigenvalue weighted by Gasteiger charge is 2.11. The van der Waals surface area contributed by atoms with Crippen LogP contribution in [0, 0.1) is 5.92 Å². The third-order valence-electron chi connectivity index (χ3n) is 4.18. The lowest BCUT2D eigenvalue weighted by Crippen LogP contribution is -2.12. The largest absolute Gasteiger partial charge is 0.385 e. The molecule has 1 atom stereocenters. The van der Waals surface area contributed by atoms with Gasteiger partial charge in [-0.3, -0.25) is 0 Å². The summed E-state index contributed by atoms with van der Waals surface area (Å²) in [5, 5.41) is 3.49. The molecule has 0 aliphatic carbocycles. The molecule has 1 heterocycles. The van der Waals surface area contributed by atoms with Gasteiger partial charge < -0.3 is 5.32 Å². The fraction of sp³-hybridized carbons (Fsp3) is 0.647. The Labute approximate surface area is 112 Å². The molecule has 0 aromatic heterocycles. The van der Waals surface area contributed by atoms with Gasteiger partial charge in [-0.25, -0.2) is 0 Å². The number of aryl methyl sites for hydroxylation is 1. The van der Waals surface area contributed by atoms with E-state index in [1.54, 1.807) is 5.56 Å². The molecule has 100 valence electrons. The number of hydrogen-bond acceptors (Lipinski definition) is 1. The molecule has 0 saturated carbocycles. The van der Waals surface area contributed by atoms with Crippen molar-refractivity contribution in [1.82, 2.24) is 0 Å². The van der Waals surface area contributed by atoms with Gasteiger partial charge in [0.1, 0.15) is 0 Å². The van der Waals surface area contributed by atoms with Crippen LogP contribution in [0.2, 0.25) is 0 Å². The molecule has 1 aliphatic heterocycles. The van der Waals surface area contributed by atoms with Crippen LogP contribution < -0.4 is 5.32 Å². The first kappa shape index (κ1) is 13.5. The summed E-state index contributed by atoms with van der Waals surface area (Å²) in [6.45, 7) is 5.76. The molecule has 18 heavy (non-hydrogen) atoms. The molecule has 1 aromatic carbocycles. The van der Waals surface area contributed by atoms with Crippen molar-refractivity contribution in [3.8, 4) is 0 Å². The van der Waals surface area contributed by atoms with E-state index in [1.807, 2.05) is 0 Å². The van der Waals surface area contributed by atoms with Gasteiger partial charge in [0.05, 0.1) is 0 Å². The molecular formula is C17H27N. The summed E-state index contributed by atoms with van der Waals surface area (Å²) in [5.74, 6) is 0.875. The van der Waals surface area contributed by atoms with Crippen molar-refractivity contribution < 1.29 is 0 Å². The number of nitrogens with one attached hydrogen (secondary N) is 1. The standard InChI is InChI=1S/C17H27N/c1-3-5-7-14(4-2)12-15-9-10-17-16(13-15)8-6-11-18-17/h9-10,13-14,18H,3-8,11-12H2,1-2H3. The molecule has 1 aliphatic rings. The van der Waals surface area contributed by atoms with E-state index in [2.05, 4.69) is 37.4 Å². The summed E-state index contributed by atoms with van der Waals surface area (Å²) in [7, 11) is 0. The topological polar surface area (TPSA) is 12.0 Å². The van der Waals surface area contributed by atoms with Crippen LogP contribution >= 0.6 is 0 Å². The zero-order chi connectivity index (χ0) is 12.8. The van der Waals surface area contributed by atoms with Crippen LogP contribution in [0.5, 0.6) is 0 Å². The Bertz CT molecular complexity index is 370. The van der Waals surface area contributed by atoms with Crippen LogP contribution in [-0.2, 0) is 12.8 Å². The van der Waals surface area contributed by atoms with Crippen molar-refractivity contribution in [1.29, 1.82) is 0 Å². The molecule has 1 N–H and O–H groups in total. The summed E-state index contributed by atoms with van der Waals surface area (Å²) < 4.78 is 0. The molecule has 1 heteroatoms. The second-order valence-electron chi connectivity index (χ2n) is 5.64. The van der Waals surface area contributed by atoms with Crippen LogP contribution in [0.25, 0.3) is 0 Å². The van der Waals surface area contributed by atoms with Crippen LogP contribution in [-0.4, -0.2) is 6.54 Å². The lowest BCUT2D eigenvalue weighted by Gasteiger charge is -2.20. The second-order valence-corrected chi connectivity index (χ2v) is 5.64. The predicted molar refractivity (Wildman–Crippen MR) is 80.3 cm³/mol. The molecule has 0 spiro atoms. The maximum absolute atomic E-state index is 3.49. The minimum absolute atomic E-state index is 0.875. The van der Waals surface area contributed by atoms with E-state index in [1.165, 1.54) is 56.2 Å². The van der Waals surface area contributed by atoms with Gasteiger partial charge in [0, 0.05) is 12.2 Å². The van der Waals surface area contributed by atoms with Crippen molar-refractivity contribution in [3.05, 3.63) is 29.3 Å². The van der Waals surface area contributed by atoms with Crippen molar-refractivity contribution in [2.24, 2.45) is 5.92 Å². The van der Waals surface area contributed by atoms with Crippen molar-refractivity contribution in [2.75, 3.05) is 11.9 Å². The Morgan fingerprint density at radius 1 is 1.28 bits per heavy atom. The third-order valence-corrected chi connectivity index (χ3v) is 4.18. The second kappa shape index (κ2) is 6.82. The molecule has 2 rings (SSSR count). The fourth-order valence-electron chi connectivity index (χ4n) is 2.93. The van der Waals surface area contributed by atoms with Crippen LogP contribution in [0.4, 0.5) is 5.69 Å². The summed E-state index contributed by atoms with van der Waals surface area (Å²) in [5.41, 5.74) is 4.44. The van der Waals surface area contributed by atoms with E-state index in [-0.39, 0.29) is 0 Å². The van der Waals surface area contributed by atoms with E-state index in [4.69, 9.17) is 0 Å². The highest BCUT2D eigenvalue weighted by molar-refractivity contribution is 5.54. The Morgan fingerprint density at radius 3 is 2.94 bits per heavy atom. The van der Waals surface area contributed by atoms with E-state index in [9.17, 15) is 0 Å². The zero-order valence-corrected chi connectivity index (χ0v) is 12.0. The minimum atomic E-state index is 0.875. The van der Waals surface area contributed by atoms with Gasteiger partial charge in [-0.05, 0) is 42.4 Å². The van der Waals surface area contributed by atoms with Gasteiger partial charge in [0.2, 0.25) is 0 Å². The summed E-state index contributed by atoms with van der Waals surface area (Å²) in [6, 6.07) is 7.05. The number of fused-ring (bicyclic) bond motifs is 1. The maximum atomic E-state index is 3.49. The SMILES string of the molecule is CCCCC(CC)Cc1ccc2c(c1)CCCN2. The Morgan fingerprint density at radius 2 is 2.17 bits per heavy atom. The molecule has 0 saturated heterocycles. The number of anilines is 1. The third kappa shape index (κ3) is 3.51. The molecule has 0 bridgehead atoms. The lowest BCUT2D eigenvalue weighted by molar-refractivity contribution is 0.449. The van der Waals surface area contributed by atoms with Gasteiger partial charge >= 0.3 is 0 Å². The van der Waals surface area contributed by atoms with E-state index in [0.717, 1.165) is 12.5 Å². The van der Waals surface area contributed by atoms with Crippen molar-refractivity contribution >= 4 is 5.69 Å². The average Bonchev–Trinajstić information content (AvgIpc) is 2.43. The molecule has 0 amide bonds. The fourth-order valence-corrected chi connectivity index (χ4v) is 2.93. The van der Waals surface area contributed by atoms with E-state index < -0.39 is 0 Å². The number of hydrogen-bond donors (Lipinski definition) is 1. The van der Waals surface area contributed by atoms with E-state index in [0.29, 0.717) is 0 Å². The smallest absolute Gasteiger partial charge is 0.0372 e. The molecule has 1 nitrogen and oxygen atoms in total. The van der Waals surface area contributed by atoms with Crippen LogP contribution in [0.15, 0.2) is 18.2 Å². The number of benzene rings is 1. The maximum Gasteiger partial charge on any atom is 0.0372 e. The molecule has 0 fully saturated rings. The van der Waals surface area contributed by atoms with E-state index >= 15 is 0 Å². The highest BCUT2D eigenvalue weighted by atomic mass is 14.9. The molecule has 0 radical (unpaired) electrons. The average molecular weight is 245 g/mol. The molecular weight excluding hydrogens is 218 g/mol. The molecule has 1 unspecified atom stereocenters. The number of rotatable bonds is 6. The predicted octanol–water partition coefficient (Wildman–Crippen LogP) is 4.80. The summed E-state index contributed by atoms with van der Waals surface area (Å²) >= 11 is 0.